The number of hydrazone groups is 1. The maximum atomic E-state index is 12.9. The summed E-state index contributed by atoms with van der Waals surface area (Å²) < 4.78 is 22.2. The zero-order valence-corrected chi connectivity index (χ0v) is 20.6. The maximum absolute atomic E-state index is 12.9. The van der Waals surface area contributed by atoms with Gasteiger partial charge in [0, 0.05) is 15.6 Å². The molecular weight excluding hydrogens is 504 g/mol. The van der Waals surface area contributed by atoms with E-state index in [9.17, 15) is 9.59 Å². The summed E-state index contributed by atoms with van der Waals surface area (Å²) in [4.78, 5) is 25.2. The SMILES string of the molecule is COc1cc(C(=O)Oc2ccc(Br)cc2/C=N\NC(=O)c2cccc(C)c2)cc(OC)c1OC. The Kier molecular flexibility index (Phi) is 8.26. The van der Waals surface area contributed by atoms with Crippen molar-refractivity contribution in [1.29, 1.82) is 0 Å². The van der Waals surface area contributed by atoms with Gasteiger partial charge in [-0.2, -0.15) is 5.10 Å². The van der Waals surface area contributed by atoms with E-state index in [4.69, 9.17) is 18.9 Å². The van der Waals surface area contributed by atoms with E-state index in [1.807, 2.05) is 13.0 Å². The Morgan fingerprint density at radius 1 is 0.882 bits per heavy atom. The molecule has 34 heavy (non-hydrogen) atoms. The second kappa shape index (κ2) is 11.3. The third kappa shape index (κ3) is 5.93. The molecule has 9 heteroatoms. The summed E-state index contributed by atoms with van der Waals surface area (Å²) in [5.41, 5.74) is 4.60. The third-order valence-corrected chi connectivity index (χ3v) is 5.22. The number of aryl methyl sites for hydroxylation is 1. The van der Waals surface area contributed by atoms with E-state index in [-0.39, 0.29) is 17.2 Å². The molecule has 0 bridgehead atoms. The number of nitrogens with one attached hydrogen (secondary N) is 1. The number of hydrogen-bond acceptors (Lipinski definition) is 7. The number of methoxy groups -OCH3 is 3. The summed E-state index contributed by atoms with van der Waals surface area (Å²) in [5, 5.41) is 4.01. The number of nitrogens with zero attached hydrogens (tertiary/aromatic N) is 1. The molecule has 1 N–H and O–H groups in total. The molecule has 0 saturated carbocycles. The summed E-state index contributed by atoms with van der Waals surface area (Å²) >= 11 is 3.39. The fraction of sp³-hybridized carbons (Fsp3) is 0.160. The first-order chi connectivity index (χ1) is 16.4. The molecule has 0 fully saturated rings. The molecule has 0 unspecified atom stereocenters. The van der Waals surface area contributed by atoms with E-state index in [2.05, 4.69) is 26.5 Å². The van der Waals surface area contributed by atoms with Gasteiger partial charge < -0.3 is 18.9 Å². The van der Waals surface area contributed by atoms with E-state index in [1.165, 1.54) is 39.7 Å². The van der Waals surface area contributed by atoms with Gasteiger partial charge in [0.15, 0.2) is 11.5 Å². The molecule has 0 aliphatic rings. The van der Waals surface area contributed by atoms with E-state index in [0.717, 1.165) is 10.0 Å². The second-order valence-corrected chi connectivity index (χ2v) is 7.97. The Bertz CT molecular complexity index is 1220. The molecule has 0 atom stereocenters. The Hall–Kier alpha value is -3.85. The summed E-state index contributed by atoms with van der Waals surface area (Å²) in [5.74, 6) is 0.263. The lowest BCUT2D eigenvalue weighted by molar-refractivity contribution is 0.0733. The maximum Gasteiger partial charge on any atom is 0.343 e. The molecule has 176 valence electrons. The summed E-state index contributed by atoms with van der Waals surface area (Å²) in [6.45, 7) is 1.90. The topological polar surface area (TPSA) is 95.5 Å². The Balaban J connectivity index is 1.82. The van der Waals surface area contributed by atoms with Crippen molar-refractivity contribution in [2.75, 3.05) is 21.3 Å². The van der Waals surface area contributed by atoms with E-state index >= 15 is 0 Å². The smallest absolute Gasteiger partial charge is 0.343 e. The first kappa shape index (κ1) is 24.8. The number of carbonyl (C=O) groups excluding carboxylic acids is 2. The second-order valence-electron chi connectivity index (χ2n) is 7.05. The van der Waals surface area contributed by atoms with Crippen LogP contribution in [-0.4, -0.2) is 39.4 Å². The standard InChI is InChI=1S/C25H23BrN2O6/c1-15-6-5-7-16(10-15)24(29)28-27-14-18-11-19(26)8-9-20(18)34-25(30)17-12-21(31-2)23(33-4)22(13-17)32-3/h5-14H,1-4H3,(H,28,29)/b27-14-. The number of ether oxygens (including phenoxy) is 4. The van der Waals surface area contributed by atoms with Crippen molar-refractivity contribution >= 4 is 34.0 Å². The van der Waals surface area contributed by atoms with E-state index in [0.29, 0.717) is 28.4 Å². The summed E-state index contributed by atoms with van der Waals surface area (Å²) in [6.07, 6.45) is 1.40. The molecule has 1 amide bonds. The Labute approximate surface area is 205 Å². The van der Waals surface area contributed by atoms with Gasteiger partial charge in [0.25, 0.3) is 5.91 Å². The number of benzene rings is 3. The zero-order chi connectivity index (χ0) is 24.7. The van der Waals surface area contributed by atoms with Crippen molar-refractivity contribution in [2.24, 2.45) is 5.10 Å². The van der Waals surface area contributed by atoms with Crippen LogP contribution in [0.25, 0.3) is 0 Å². The fourth-order valence-electron chi connectivity index (χ4n) is 3.08. The van der Waals surface area contributed by atoms with Gasteiger partial charge in [-0.15, -0.1) is 0 Å². The highest BCUT2D eigenvalue weighted by Crippen LogP contribution is 2.38. The van der Waals surface area contributed by atoms with Crippen LogP contribution in [0.5, 0.6) is 23.0 Å². The minimum Gasteiger partial charge on any atom is -0.493 e. The van der Waals surface area contributed by atoms with Gasteiger partial charge in [0.1, 0.15) is 5.75 Å². The molecule has 8 nitrogen and oxygen atoms in total. The van der Waals surface area contributed by atoms with Gasteiger partial charge in [-0.3, -0.25) is 4.79 Å². The molecule has 0 radical (unpaired) electrons. The van der Waals surface area contributed by atoms with Gasteiger partial charge in [-0.25, -0.2) is 10.2 Å². The predicted molar refractivity (Wildman–Crippen MR) is 131 cm³/mol. The molecule has 0 aromatic heterocycles. The van der Waals surface area contributed by atoms with Crippen LogP contribution in [0.4, 0.5) is 0 Å². The average Bonchev–Trinajstić information content (AvgIpc) is 2.84. The van der Waals surface area contributed by atoms with Crippen LogP contribution in [0.1, 0.15) is 31.8 Å². The number of amides is 1. The third-order valence-electron chi connectivity index (χ3n) is 4.72. The predicted octanol–water partition coefficient (Wildman–Crippen LogP) is 4.77. The van der Waals surface area contributed by atoms with Gasteiger partial charge >= 0.3 is 5.97 Å². The lowest BCUT2D eigenvalue weighted by atomic mass is 10.1. The highest BCUT2D eigenvalue weighted by Gasteiger charge is 2.19. The van der Waals surface area contributed by atoms with Crippen LogP contribution in [0.2, 0.25) is 0 Å². The molecular formula is C25H23BrN2O6. The first-order valence-corrected chi connectivity index (χ1v) is 10.9. The molecule has 0 spiro atoms. The van der Waals surface area contributed by atoms with Crippen LogP contribution in [-0.2, 0) is 0 Å². The van der Waals surface area contributed by atoms with Crippen molar-refractivity contribution in [1.82, 2.24) is 5.43 Å². The molecule has 0 aliphatic heterocycles. The van der Waals surface area contributed by atoms with E-state index < -0.39 is 5.97 Å². The van der Waals surface area contributed by atoms with Gasteiger partial charge in [-0.05, 0) is 49.4 Å². The Morgan fingerprint density at radius 2 is 1.59 bits per heavy atom. The van der Waals surface area contributed by atoms with Crippen LogP contribution in [0, 0.1) is 6.92 Å². The van der Waals surface area contributed by atoms with Crippen LogP contribution in [0.15, 0.2) is 64.2 Å². The van der Waals surface area contributed by atoms with Crippen molar-refractivity contribution in [3.8, 4) is 23.0 Å². The number of esters is 1. The molecule has 0 aliphatic carbocycles. The number of halogens is 1. The highest BCUT2D eigenvalue weighted by atomic mass is 79.9. The van der Waals surface area contributed by atoms with Crippen molar-refractivity contribution in [3.05, 3.63) is 81.3 Å². The van der Waals surface area contributed by atoms with Crippen molar-refractivity contribution in [3.63, 3.8) is 0 Å². The minimum atomic E-state index is -0.639. The average molecular weight is 527 g/mol. The minimum absolute atomic E-state index is 0.202. The highest BCUT2D eigenvalue weighted by molar-refractivity contribution is 9.10. The van der Waals surface area contributed by atoms with Crippen LogP contribution >= 0.6 is 15.9 Å². The molecule has 3 rings (SSSR count). The zero-order valence-electron chi connectivity index (χ0n) is 19.0. The lowest BCUT2D eigenvalue weighted by Crippen LogP contribution is -2.17. The van der Waals surface area contributed by atoms with Crippen LogP contribution < -0.4 is 24.4 Å². The van der Waals surface area contributed by atoms with Gasteiger partial charge in [-0.1, -0.05) is 33.6 Å². The first-order valence-electron chi connectivity index (χ1n) is 10.1. The van der Waals surface area contributed by atoms with Crippen molar-refractivity contribution in [2.45, 2.75) is 6.92 Å². The van der Waals surface area contributed by atoms with Crippen molar-refractivity contribution < 1.29 is 28.5 Å². The Morgan fingerprint density at radius 3 is 2.21 bits per heavy atom. The van der Waals surface area contributed by atoms with E-state index in [1.54, 1.807) is 36.4 Å². The van der Waals surface area contributed by atoms with Crippen LogP contribution in [0.3, 0.4) is 0 Å². The molecule has 3 aromatic carbocycles. The largest absolute Gasteiger partial charge is 0.493 e. The number of rotatable bonds is 8. The number of carbonyl (C=O) groups is 2. The normalized spacial score (nSPS) is 10.6. The quantitative estimate of drug-likeness (QED) is 0.196. The lowest BCUT2D eigenvalue weighted by Gasteiger charge is -2.14. The van der Waals surface area contributed by atoms with Gasteiger partial charge in [0.05, 0.1) is 33.1 Å². The molecule has 0 saturated heterocycles. The number of hydrogen-bond donors (Lipinski definition) is 1. The molecule has 0 heterocycles. The fourth-order valence-corrected chi connectivity index (χ4v) is 3.46. The monoisotopic (exact) mass is 526 g/mol. The molecule has 3 aromatic rings. The summed E-state index contributed by atoms with van der Waals surface area (Å²) in [6, 6.07) is 15.2. The summed E-state index contributed by atoms with van der Waals surface area (Å²) in [7, 11) is 4.39. The van der Waals surface area contributed by atoms with Gasteiger partial charge in [0.2, 0.25) is 5.75 Å².